The van der Waals surface area contributed by atoms with E-state index in [1.807, 2.05) is 22.8 Å². The number of nitrogens with one attached hydrogen (secondary N) is 1. The summed E-state index contributed by atoms with van der Waals surface area (Å²) in [4.78, 5) is 26.3. The molecule has 2 aromatic heterocycles. The second-order valence-electron chi connectivity index (χ2n) is 13.7. The maximum absolute atomic E-state index is 12.8. The van der Waals surface area contributed by atoms with Gasteiger partial charge in [0.1, 0.15) is 6.33 Å². The number of nitrogens with zero attached hydrogens (tertiary/aromatic N) is 4. The van der Waals surface area contributed by atoms with Gasteiger partial charge in [0.15, 0.2) is 39.8 Å². The Bertz CT molecular complexity index is 1330. The standard InChI is InChI=1S/C29H45N5O4Si2/c1-28(2,3)39(7,8)36-17-21-16-22(38-40(9,10)29(4,5)6)27(37-21)34-19-32-23-24(30-18-31-25(23)34)33-26(35)20-14-12-11-13-15-20/h11-15,18-19,21-22,27H,16-17H2,1-10H3,(H,30,31,33,35)/t21-,22-,27-/m1/s1. The number of hydrogen-bond donors (Lipinski definition) is 1. The molecule has 4 rings (SSSR count). The molecule has 1 amide bonds. The first kappa shape index (κ1) is 30.5. The summed E-state index contributed by atoms with van der Waals surface area (Å²) in [7, 11) is -4.06. The maximum atomic E-state index is 12.8. The average Bonchev–Trinajstić information content (AvgIpc) is 3.46. The SMILES string of the molecule is CC(C)(C)[Si](C)(C)OC[C@H]1C[C@@H](O[Si](C)(C)C(C)(C)C)[C@H](n2cnc3c(NC(=O)c4ccccc4)ncnc32)O1. The molecule has 1 fully saturated rings. The molecule has 3 aromatic rings. The molecule has 0 spiro atoms. The molecule has 0 saturated carbocycles. The molecule has 1 aliphatic heterocycles. The van der Waals surface area contributed by atoms with Crippen LogP contribution < -0.4 is 5.32 Å². The minimum Gasteiger partial charge on any atom is -0.414 e. The zero-order valence-electron chi connectivity index (χ0n) is 25.6. The van der Waals surface area contributed by atoms with Gasteiger partial charge >= 0.3 is 0 Å². The van der Waals surface area contributed by atoms with Crippen molar-refractivity contribution >= 4 is 39.5 Å². The smallest absolute Gasteiger partial charge is 0.256 e. The number of imidazole rings is 1. The molecule has 1 aliphatic rings. The molecule has 40 heavy (non-hydrogen) atoms. The Morgan fingerprint density at radius 3 is 2.27 bits per heavy atom. The highest BCUT2D eigenvalue weighted by atomic mass is 28.4. The molecule has 11 heteroatoms. The fourth-order valence-corrected chi connectivity index (χ4v) is 6.50. The van der Waals surface area contributed by atoms with E-state index >= 15 is 0 Å². The first-order chi connectivity index (χ1) is 18.5. The van der Waals surface area contributed by atoms with Crippen LogP contribution in [0, 0.1) is 0 Å². The zero-order valence-corrected chi connectivity index (χ0v) is 27.6. The third-order valence-electron chi connectivity index (χ3n) is 8.73. The molecule has 0 unspecified atom stereocenters. The molecule has 0 aliphatic carbocycles. The van der Waals surface area contributed by atoms with Crippen molar-refractivity contribution in [2.45, 2.75) is 103 Å². The van der Waals surface area contributed by atoms with Crippen molar-refractivity contribution in [3.8, 4) is 0 Å². The van der Waals surface area contributed by atoms with E-state index in [1.165, 1.54) is 6.33 Å². The summed E-state index contributed by atoms with van der Waals surface area (Å²) in [5.74, 6) is 0.101. The van der Waals surface area contributed by atoms with Crippen LogP contribution in [0.1, 0.15) is 64.5 Å². The van der Waals surface area contributed by atoms with Crippen molar-refractivity contribution in [3.63, 3.8) is 0 Å². The van der Waals surface area contributed by atoms with E-state index in [-0.39, 0.29) is 28.2 Å². The lowest BCUT2D eigenvalue weighted by atomic mass is 10.2. The summed E-state index contributed by atoms with van der Waals surface area (Å²) in [6.45, 7) is 23.0. The van der Waals surface area contributed by atoms with Crippen molar-refractivity contribution in [1.29, 1.82) is 0 Å². The van der Waals surface area contributed by atoms with Crippen LogP contribution in [0.4, 0.5) is 5.82 Å². The Labute approximate surface area is 240 Å². The normalized spacial score (nSPS) is 20.7. The van der Waals surface area contributed by atoms with E-state index in [1.54, 1.807) is 18.5 Å². The highest BCUT2D eigenvalue weighted by Crippen LogP contribution is 2.43. The average molecular weight is 584 g/mol. The number of aromatic nitrogens is 4. The number of anilines is 1. The summed E-state index contributed by atoms with van der Waals surface area (Å²) in [5.41, 5.74) is 1.63. The van der Waals surface area contributed by atoms with Crippen molar-refractivity contribution < 1.29 is 18.4 Å². The number of fused-ring (bicyclic) bond motifs is 1. The van der Waals surface area contributed by atoms with Gasteiger partial charge in [0, 0.05) is 12.0 Å². The molecule has 1 aromatic carbocycles. The number of ether oxygens (including phenoxy) is 1. The zero-order chi connectivity index (χ0) is 29.5. The van der Waals surface area contributed by atoms with Gasteiger partial charge in [-0.05, 0) is 48.4 Å². The molecule has 1 saturated heterocycles. The fraction of sp³-hybridized carbons (Fsp3) is 0.586. The molecule has 1 N–H and O–H groups in total. The van der Waals surface area contributed by atoms with Crippen molar-refractivity contribution in [3.05, 3.63) is 48.5 Å². The van der Waals surface area contributed by atoms with Crippen molar-refractivity contribution in [1.82, 2.24) is 19.5 Å². The minimum atomic E-state index is -2.12. The molecule has 3 atom stereocenters. The molecular formula is C29H45N5O4Si2. The molecular weight excluding hydrogens is 539 g/mol. The van der Waals surface area contributed by atoms with Crippen molar-refractivity contribution in [2.75, 3.05) is 11.9 Å². The Morgan fingerprint density at radius 1 is 1.00 bits per heavy atom. The summed E-state index contributed by atoms with van der Waals surface area (Å²) >= 11 is 0. The summed E-state index contributed by atoms with van der Waals surface area (Å²) in [6.07, 6.45) is 3.13. The summed E-state index contributed by atoms with van der Waals surface area (Å²) < 4.78 is 22.1. The Kier molecular flexibility index (Phi) is 8.46. The predicted octanol–water partition coefficient (Wildman–Crippen LogP) is 6.78. The highest BCUT2D eigenvalue weighted by Gasteiger charge is 2.46. The molecule has 0 bridgehead atoms. The lowest BCUT2D eigenvalue weighted by Gasteiger charge is -2.39. The quantitative estimate of drug-likeness (QED) is 0.292. The van der Waals surface area contributed by atoms with Crippen LogP contribution >= 0.6 is 0 Å². The number of amides is 1. The molecule has 3 heterocycles. The van der Waals surface area contributed by atoms with Gasteiger partial charge in [-0.15, -0.1) is 0 Å². The van der Waals surface area contributed by atoms with Gasteiger partial charge in [-0.3, -0.25) is 9.36 Å². The number of benzene rings is 1. The number of rotatable bonds is 8. The van der Waals surface area contributed by atoms with Gasteiger partial charge in [0.2, 0.25) is 0 Å². The van der Waals surface area contributed by atoms with E-state index in [9.17, 15) is 4.79 Å². The van der Waals surface area contributed by atoms with Crippen molar-refractivity contribution in [2.24, 2.45) is 0 Å². The van der Waals surface area contributed by atoms with Gasteiger partial charge in [0.05, 0.1) is 25.1 Å². The summed E-state index contributed by atoms with van der Waals surface area (Å²) in [5, 5.41) is 3.04. The first-order valence-electron chi connectivity index (χ1n) is 14.0. The van der Waals surface area contributed by atoms with Crippen LogP contribution in [0.25, 0.3) is 11.2 Å². The lowest BCUT2D eigenvalue weighted by molar-refractivity contribution is -0.0443. The van der Waals surface area contributed by atoms with Gasteiger partial charge in [-0.2, -0.15) is 0 Å². The van der Waals surface area contributed by atoms with E-state index in [0.717, 1.165) is 0 Å². The first-order valence-corrected chi connectivity index (χ1v) is 19.8. The second kappa shape index (κ2) is 11.1. The monoisotopic (exact) mass is 583 g/mol. The van der Waals surface area contributed by atoms with Gasteiger partial charge in [-0.25, -0.2) is 15.0 Å². The number of carbonyl (C=O) groups excluding carboxylic acids is 1. The minimum absolute atomic E-state index is 0.0430. The van der Waals surface area contributed by atoms with Crippen LogP contribution in [0.3, 0.4) is 0 Å². The van der Waals surface area contributed by atoms with Crippen LogP contribution in [0.15, 0.2) is 43.0 Å². The van der Waals surface area contributed by atoms with Crippen LogP contribution in [-0.2, 0) is 13.6 Å². The Morgan fingerprint density at radius 2 is 1.65 bits per heavy atom. The van der Waals surface area contributed by atoms with E-state index in [2.05, 4.69) is 88.0 Å². The lowest BCUT2D eigenvalue weighted by Crippen LogP contribution is -2.45. The Hall–Kier alpha value is -2.45. The molecule has 9 nitrogen and oxygen atoms in total. The van der Waals surface area contributed by atoms with Crippen LogP contribution in [-0.4, -0.2) is 60.9 Å². The summed E-state index contributed by atoms with van der Waals surface area (Å²) in [6, 6.07) is 9.03. The maximum Gasteiger partial charge on any atom is 0.256 e. The van der Waals surface area contributed by atoms with Crippen LogP contribution in [0.5, 0.6) is 0 Å². The van der Waals surface area contributed by atoms with E-state index < -0.39 is 22.9 Å². The topological polar surface area (TPSA) is 100 Å². The third-order valence-corrected chi connectivity index (χ3v) is 17.7. The van der Waals surface area contributed by atoms with E-state index in [4.69, 9.17) is 13.6 Å². The molecule has 218 valence electrons. The van der Waals surface area contributed by atoms with E-state index in [0.29, 0.717) is 35.6 Å². The second-order valence-corrected chi connectivity index (χ2v) is 23.3. The van der Waals surface area contributed by atoms with Gasteiger partial charge < -0.3 is 18.9 Å². The number of carbonyl (C=O) groups is 1. The highest BCUT2D eigenvalue weighted by molar-refractivity contribution is 6.74. The predicted molar refractivity (Wildman–Crippen MR) is 163 cm³/mol. The Balaban J connectivity index is 1.63. The fourth-order valence-electron chi connectivity index (χ4n) is 4.15. The van der Waals surface area contributed by atoms with Crippen LogP contribution in [0.2, 0.25) is 36.3 Å². The third kappa shape index (κ3) is 6.38. The largest absolute Gasteiger partial charge is 0.414 e. The van der Waals surface area contributed by atoms with Gasteiger partial charge in [0.25, 0.3) is 5.91 Å². The molecule has 0 radical (unpaired) electrons. The van der Waals surface area contributed by atoms with Gasteiger partial charge in [-0.1, -0.05) is 59.7 Å². The number of hydrogen-bond acceptors (Lipinski definition) is 7.